The molecule has 0 aliphatic carbocycles. The van der Waals surface area contributed by atoms with E-state index in [0.717, 1.165) is 55.5 Å². The van der Waals surface area contributed by atoms with Crippen LogP contribution in [0.1, 0.15) is 46.6 Å². The van der Waals surface area contributed by atoms with Gasteiger partial charge in [0.05, 0.1) is 17.9 Å². The summed E-state index contributed by atoms with van der Waals surface area (Å²) in [5.74, 6) is 2.38. The van der Waals surface area contributed by atoms with Crippen molar-refractivity contribution >= 4 is 5.91 Å². The fourth-order valence-electron chi connectivity index (χ4n) is 4.25. The van der Waals surface area contributed by atoms with Crippen molar-refractivity contribution in [3.63, 3.8) is 0 Å². The van der Waals surface area contributed by atoms with Crippen molar-refractivity contribution in [2.75, 3.05) is 19.6 Å². The molecule has 2 aliphatic rings. The fraction of sp³-hybridized carbons (Fsp3) is 0.450. The molecule has 1 amide bonds. The zero-order valence-electron chi connectivity index (χ0n) is 16.5. The van der Waals surface area contributed by atoms with Crippen LogP contribution in [0, 0.1) is 6.92 Å². The van der Waals surface area contributed by atoms with Crippen LogP contribution in [-0.4, -0.2) is 60.2 Å². The van der Waals surface area contributed by atoms with E-state index in [4.69, 9.17) is 0 Å². The van der Waals surface area contributed by atoms with E-state index in [1.165, 1.54) is 0 Å². The summed E-state index contributed by atoms with van der Waals surface area (Å²) in [6.07, 6.45) is 1.78. The molecule has 3 aromatic rings. The predicted molar refractivity (Wildman–Crippen MR) is 106 cm³/mol. The van der Waals surface area contributed by atoms with Gasteiger partial charge in [-0.3, -0.25) is 4.79 Å². The topological polar surface area (TPSA) is 93.8 Å². The first-order chi connectivity index (χ1) is 14.2. The number of rotatable bonds is 3. The third-order valence-electron chi connectivity index (χ3n) is 5.90. The molecule has 29 heavy (non-hydrogen) atoms. The van der Waals surface area contributed by atoms with Crippen molar-refractivity contribution in [3.05, 3.63) is 53.4 Å². The summed E-state index contributed by atoms with van der Waals surface area (Å²) in [6.45, 7) is 5.93. The van der Waals surface area contributed by atoms with E-state index in [9.17, 15) is 4.79 Å². The summed E-state index contributed by atoms with van der Waals surface area (Å²) >= 11 is 0. The lowest BCUT2D eigenvalue weighted by Crippen LogP contribution is -2.39. The number of carbonyl (C=O) groups is 1. The third-order valence-corrected chi connectivity index (χ3v) is 5.90. The number of piperidine rings is 1. The molecule has 0 radical (unpaired) electrons. The molecule has 1 N–H and O–H groups in total. The molecule has 1 saturated heterocycles. The molecule has 9 heteroatoms. The number of carbonyl (C=O) groups excluding carboxylic acids is 1. The van der Waals surface area contributed by atoms with E-state index in [1.54, 1.807) is 4.68 Å². The summed E-state index contributed by atoms with van der Waals surface area (Å²) in [5, 5.41) is 20.5. The molecular formula is C20H24N8O. The van der Waals surface area contributed by atoms with Crippen molar-refractivity contribution in [1.29, 1.82) is 0 Å². The van der Waals surface area contributed by atoms with Crippen LogP contribution < -0.4 is 5.32 Å². The minimum Gasteiger partial charge on any atom is -0.337 e. The number of hydrogen-bond acceptors (Lipinski definition) is 6. The lowest BCUT2D eigenvalue weighted by molar-refractivity contribution is 0.0703. The smallest absolute Gasteiger partial charge is 0.276 e. The molecule has 0 atom stereocenters. The van der Waals surface area contributed by atoms with E-state index < -0.39 is 0 Å². The maximum Gasteiger partial charge on any atom is 0.276 e. The van der Waals surface area contributed by atoms with E-state index in [-0.39, 0.29) is 5.91 Å². The van der Waals surface area contributed by atoms with Gasteiger partial charge in [-0.05, 0) is 31.9 Å². The second-order valence-corrected chi connectivity index (χ2v) is 7.64. The van der Waals surface area contributed by atoms with Gasteiger partial charge in [-0.2, -0.15) is 0 Å². The Morgan fingerprint density at radius 3 is 2.66 bits per heavy atom. The summed E-state index contributed by atoms with van der Waals surface area (Å²) in [7, 11) is 0. The van der Waals surface area contributed by atoms with Gasteiger partial charge in [0.2, 0.25) is 0 Å². The number of para-hydroxylation sites is 1. The van der Waals surface area contributed by atoms with Crippen molar-refractivity contribution in [2.24, 2.45) is 0 Å². The van der Waals surface area contributed by atoms with Crippen molar-refractivity contribution in [2.45, 2.75) is 38.8 Å². The van der Waals surface area contributed by atoms with E-state index in [2.05, 4.69) is 30.4 Å². The average Bonchev–Trinajstić information content (AvgIpc) is 3.38. The minimum absolute atomic E-state index is 0.0457. The Hall–Kier alpha value is -3.07. The molecule has 150 valence electrons. The SMILES string of the molecule is Cc1c(C(=O)N2CCC(c3nnc4n3CCNC4)CC2)nnn1-c1ccccc1. The molecule has 0 unspecified atom stereocenters. The Labute approximate surface area is 168 Å². The van der Waals surface area contributed by atoms with Crippen molar-refractivity contribution in [1.82, 2.24) is 40.0 Å². The number of fused-ring (bicyclic) bond motifs is 1. The van der Waals surface area contributed by atoms with Crippen LogP contribution in [0.4, 0.5) is 0 Å². The zero-order valence-corrected chi connectivity index (χ0v) is 16.5. The lowest BCUT2D eigenvalue weighted by Gasteiger charge is -2.31. The molecule has 2 aliphatic heterocycles. The predicted octanol–water partition coefficient (Wildman–Crippen LogP) is 1.29. The third kappa shape index (κ3) is 3.21. The maximum atomic E-state index is 13.1. The Bertz CT molecular complexity index is 1020. The van der Waals surface area contributed by atoms with Crippen LogP contribution in [0.5, 0.6) is 0 Å². The van der Waals surface area contributed by atoms with Crippen LogP contribution in [-0.2, 0) is 13.1 Å². The van der Waals surface area contributed by atoms with E-state index in [0.29, 0.717) is 24.7 Å². The van der Waals surface area contributed by atoms with Gasteiger partial charge in [-0.1, -0.05) is 23.4 Å². The second kappa shape index (κ2) is 7.40. The van der Waals surface area contributed by atoms with Crippen LogP contribution >= 0.6 is 0 Å². The van der Waals surface area contributed by atoms with Gasteiger partial charge in [-0.15, -0.1) is 15.3 Å². The minimum atomic E-state index is -0.0457. The highest BCUT2D eigenvalue weighted by Gasteiger charge is 2.31. The second-order valence-electron chi connectivity index (χ2n) is 7.64. The molecular weight excluding hydrogens is 368 g/mol. The highest BCUT2D eigenvalue weighted by atomic mass is 16.2. The normalized spacial score (nSPS) is 17.3. The van der Waals surface area contributed by atoms with Gasteiger partial charge in [0.15, 0.2) is 5.69 Å². The van der Waals surface area contributed by atoms with Gasteiger partial charge in [0.1, 0.15) is 11.6 Å². The number of hydrogen-bond donors (Lipinski definition) is 1. The van der Waals surface area contributed by atoms with Crippen LogP contribution in [0.15, 0.2) is 30.3 Å². The summed E-state index contributed by atoms with van der Waals surface area (Å²) in [4.78, 5) is 14.9. The number of benzene rings is 1. The summed E-state index contributed by atoms with van der Waals surface area (Å²) in [5.41, 5.74) is 2.10. The molecule has 0 bridgehead atoms. The standard InChI is InChI=1S/C20H24N8O/c1-14-18(23-25-28(14)16-5-3-2-4-6-16)20(29)26-10-7-15(8-11-26)19-24-22-17-13-21-9-12-27(17)19/h2-6,15,21H,7-13H2,1H3. The largest absolute Gasteiger partial charge is 0.337 e. The monoisotopic (exact) mass is 392 g/mol. The highest BCUT2D eigenvalue weighted by molar-refractivity contribution is 5.93. The lowest BCUT2D eigenvalue weighted by atomic mass is 9.95. The first kappa shape index (κ1) is 18.0. The summed E-state index contributed by atoms with van der Waals surface area (Å²) < 4.78 is 3.96. The molecule has 4 heterocycles. The highest BCUT2D eigenvalue weighted by Crippen LogP contribution is 2.28. The van der Waals surface area contributed by atoms with Crippen LogP contribution in [0.2, 0.25) is 0 Å². The Morgan fingerprint density at radius 2 is 1.86 bits per heavy atom. The summed E-state index contributed by atoms with van der Waals surface area (Å²) in [6, 6.07) is 9.76. The van der Waals surface area contributed by atoms with E-state index >= 15 is 0 Å². The van der Waals surface area contributed by atoms with Gasteiger partial charge >= 0.3 is 0 Å². The molecule has 1 aromatic carbocycles. The molecule has 0 saturated carbocycles. The number of nitrogens with one attached hydrogen (secondary N) is 1. The number of aromatic nitrogens is 6. The molecule has 5 rings (SSSR count). The quantitative estimate of drug-likeness (QED) is 0.722. The van der Waals surface area contributed by atoms with Gasteiger partial charge in [0, 0.05) is 32.1 Å². The van der Waals surface area contributed by atoms with Gasteiger partial charge in [0.25, 0.3) is 5.91 Å². The van der Waals surface area contributed by atoms with Crippen LogP contribution in [0.25, 0.3) is 5.69 Å². The Balaban J connectivity index is 1.29. The molecule has 1 fully saturated rings. The maximum absolute atomic E-state index is 13.1. The van der Waals surface area contributed by atoms with Crippen molar-refractivity contribution < 1.29 is 4.79 Å². The van der Waals surface area contributed by atoms with Gasteiger partial charge < -0.3 is 14.8 Å². The van der Waals surface area contributed by atoms with Crippen LogP contribution in [0.3, 0.4) is 0 Å². The number of amides is 1. The average molecular weight is 392 g/mol. The number of nitrogens with zero attached hydrogens (tertiary/aromatic N) is 7. The van der Waals surface area contributed by atoms with Gasteiger partial charge in [-0.25, -0.2) is 4.68 Å². The molecule has 9 nitrogen and oxygen atoms in total. The fourth-order valence-corrected chi connectivity index (χ4v) is 4.25. The van der Waals surface area contributed by atoms with E-state index in [1.807, 2.05) is 42.2 Å². The first-order valence-corrected chi connectivity index (χ1v) is 10.1. The zero-order chi connectivity index (χ0) is 19.8. The number of likely N-dealkylation sites (tertiary alicyclic amines) is 1. The van der Waals surface area contributed by atoms with Crippen molar-refractivity contribution in [3.8, 4) is 5.69 Å². The molecule has 0 spiro atoms. The Morgan fingerprint density at radius 1 is 1.07 bits per heavy atom. The first-order valence-electron chi connectivity index (χ1n) is 10.1. The Kier molecular flexibility index (Phi) is 4.59. The molecule has 2 aromatic heterocycles.